The average Bonchev–Trinajstić information content (AvgIpc) is 2.05. The van der Waals surface area contributed by atoms with E-state index in [0.717, 1.165) is 6.42 Å². The predicted molar refractivity (Wildman–Crippen MR) is 61.6 cm³/mol. The lowest BCUT2D eigenvalue weighted by Gasteiger charge is -1.90. The molecule has 3 nitrogen and oxygen atoms in total. The van der Waals surface area contributed by atoms with Crippen molar-refractivity contribution in [1.29, 1.82) is 0 Å². The number of Topliss-reactive ketones (excluding diaryl/α,β-unsaturated/α-hetero) is 1. The van der Waals surface area contributed by atoms with Crippen molar-refractivity contribution in [2.24, 2.45) is 0 Å². The van der Waals surface area contributed by atoms with E-state index in [4.69, 9.17) is 5.11 Å². The Kier molecular flexibility index (Phi) is 14.4. The molecule has 0 heterocycles. The van der Waals surface area contributed by atoms with Crippen LogP contribution in [-0.4, -0.2) is 29.2 Å². The van der Waals surface area contributed by atoms with Crippen LogP contribution in [0.2, 0.25) is 0 Å². The number of carbonyl (C=O) groups excluding carboxylic acids is 1. The van der Waals surface area contributed by atoms with Crippen LogP contribution in [0.1, 0.15) is 40.0 Å². The minimum absolute atomic E-state index is 0.190. The molecule has 84 valence electrons. The van der Waals surface area contributed by atoms with E-state index in [2.05, 4.69) is 13.8 Å². The molecule has 4 heteroatoms. The van der Waals surface area contributed by atoms with E-state index in [1.165, 1.54) is 20.9 Å². The molecule has 0 aromatic carbocycles. The molecule has 0 saturated heterocycles. The molecule has 0 aromatic rings. The third-order valence-corrected chi connectivity index (χ3v) is 2.38. The summed E-state index contributed by atoms with van der Waals surface area (Å²) >= 11 is 0. The normalized spacial score (nSPS) is 8.79. The van der Waals surface area contributed by atoms with Gasteiger partial charge in [0.05, 0.1) is 0 Å². The summed E-state index contributed by atoms with van der Waals surface area (Å²) < 4.78 is 0. The second-order valence-corrected chi connectivity index (χ2v) is 4.73. The highest BCUT2D eigenvalue weighted by molar-refractivity contribution is 7.37. The van der Waals surface area contributed by atoms with Crippen LogP contribution < -0.4 is 0 Å². The standard InChI is InChI=1S/C6H10O3.C4H11P/c1-2-3-5(7)4-6(8)9;1-3-5-4-2/h2-4H2,1H3,(H,8,9);5H,3-4H2,1-2H3. The molecule has 0 radical (unpaired) electrons. The maximum absolute atomic E-state index is 10.5. The molecule has 0 amide bonds. The van der Waals surface area contributed by atoms with E-state index >= 15 is 0 Å². The summed E-state index contributed by atoms with van der Waals surface area (Å²) in [5.41, 5.74) is 0. The Labute approximate surface area is 88.1 Å². The van der Waals surface area contributed by atoms with Crippen molar-refractivity contribution in [2.45, 2.75) is 40.0 Å². The van der Waals surface area contributed by atoms with Gasteiger partial charge in [0, 0.05) is 6.42 Å². The Morgan fingerprint density at radius 1 is 1.14 bits per heavy atom. The van der Waals surface area contributed by atoms with Gasteiger partial charge in [0.2, 0.25) is 0 Å². The molecule has 1 N–H and O–H groups in total. The Bertz CT molecular complexity index is 155. The summed E-state index contributed by atoms with van der Waals surface area (Å²) in [6.45, 7) is 6.30. The molecule has 0 aliphatic heterocycles. The maximum Gasteiger partial charge on any atom is 0.310 e. The van der Waals surface area contributed by atoms with Gasteiger partial charge in [-0.25, -0.2) is 0 Å². The van der Waals surface area contributed by atoms with Gasteiger partial charge in [-0.2, -0.15) is 0 Å². The van der Waals surface area contributed by atoms with Crippen LogP contribution >= 0.6 is 8.58 Å². The first-order valence-corrected chi connectivity index (χ1v) is 6.44. The van der Waals surface area contributed by atoms with Crippen molar-refractivity contribution >= 4 is 20.3 Å². The number of carboxylic acids is 1. The molecule has 0 bridgehead atoms. The Morgan fingerprint density at radius 3 is 1.86 bits per heavy atom. The van der Waals surface area contributed by atoms with Crippen LogP contribution in [0.15, 0.2) is 0 Å². The average molecular weight is 220 g/mol. The summed E-state index contributed by atoms with van der Waals surface area (Å²) in [4.78, 5) is 20.3. The van der Waals surface area contributed by atoms with E-state index in [1.54, 1.807) is 0 Å². The highest BCUT2D eigenvalue weighted by atomic mass is 31.1. The molecule has 0 aliphatic rings. The molecule has 0 aliphatic carbocycles. The van der Waals surface area contributed by atoms with Crippen molar-refractivity contribution in [1.82, 2.24) is 0 Å². The van der Waals surface area contributed by atoms with E-state index in [1.807, 2.05) is 6.92 Å². The summed E-state index contributed by atoms with van der Waals surface area (Å²) in [6, 6.07) is 0. The van der Waals surface area contributed by atoms with Crippen molar-refractivity contribution < 1.29 is 14.7 Å². The second-order valence-electron chi connectivity index (χ2n) is 2.82. The van der Waals surface area contributed by atoms with Crippen LogP contribution in [0.5, 0.6) is 0 Å². The van der Waals surface area contributed by atoms with Gasteiger partial charge >= 0.3 is 5.97 Å². The van der Waals surface area contributed by atoms with Gasteiger partial charge in [-0.15, -0.1) is 8.58 Å². The molecule has 0 rings (SSSR count). The number of hydrogen-bond donors (Lipinski definition) is 1. The van der Waals surface area contributed by atoms with Gasteiger partial charge in [0.25, 0.3) is 0 Å². The Hall–Kier alpha value is -0.430. The van der Waals surface area contributed by atoms with Crippen LogP contribution in [0, 0.1) is 0 Å². The van der Waals surface area contributed by atoms with E-state index in [9.17, 15) is 9.59 Å². The quantitative estimate of drug-likeness (QED) is 0.552. The molecule has 0 spiro atoms. The van der Waals surface area contributed by atoms with E-state index < -0.39 is 5.97 Å². The number of carbonyl (C=O) groups is 2. The molecular formula is C10H21O3P. The van der Waals surface area contributed by atoms with Gasteiger partial charge in [0.1, 0.15) is 12.2 Å². The van der Waals surface area contributed by atoms with Gasteiger partial charge in [0.15, 0.2) is 0 Å². The lowest BCUT2D eigenvalue weighted by Crippen LogP contribution is -2.05. The Balaban J connectivity index is 0. The first-order valence-electron chi connectivity index (χ1n) is 5.02. The topological polar surface area (TPSA) is 54.4 Å². The van der Waals surface area contributed by atoms with Crippen LogP contribution in [0.4, 0.5) is 0 Å². The number of ketones is 1. The highest BCUT2D eigenvalue weighted by Gasteiger charge is 2.04. The fourth-order valence-electron chi connectivity index (χ4n) is 0.786. The predicted octanol–water partition coefficient (Wildman–Crippen LogP) is 2.54. The zero-order chi connectivity index (χ0) is 11.4. The van der Waals surface area contributed by atoms with Crippen LogP contribution in [0.3, 0.4) is 0 Å². The third-order valence-electron chi connectivity index (χ3n) is 1.38. The zero-order valence-corrected chi connectivity index (χ0v) is 10.3. The molecular weight excluding hydrogens is 199 g/mol. The summed E-state index contributed by atoms with van der Waals surface area (Å²) in [7, 11) is 1.20. The van der Waals surface area contributed by atoms with Crippen LogP contribution in [0.25, 0.3) is 0 Å². The van der Waals surface area contributed by atoms with Crippen molar-refractivity contribution in [3.05, 3.63) is 0 Å². The lowest BCUT2D eigenvalue weighted by molar-refractivity contribution is -0.140. The van der Waals surface area contributed by atoms with Gasteiger partial charge < -0.3 is 5.11 Å². The number of aliphatic carboxylic acids is 1. The molecule has 0 atom stereocenters. The zero-order valence-electron chi connectivity index (χ0n) is 9.30. The first kappa shape index (κ1) is 16.0. The van der Waals surface area contributed by atoms with Crippen molar-refractivity contribution in [3.8, 4) is 0 Å². The third kappa shape index (κ3) is 17.6. The molecule has 0 aromatic heterocycles. The SMILES string of the molecule is CCCC(=O)CC(=O)O.CCPCC. The highest BCUT2D eigenvalue weighted by Crippen LogP contribution is 2.03. The fourth-order valence-corrected chi connectivity index (χ4v) is 1.29. The molecule has 0 saturated carbocycles. The monoisotopic (exact) mass is 220 g/mol. The first-order chi connectivity index (χ1) is 6.58. The summed E-state index contributed by atoms with van der Waals surface area (Å²) in [6.07, 6.45) is 3.53. The summed E-state index contributed by atoms with van der Waals surface area (Å²) in [5, 5.41) is 8.09. The van der Waals surface area contributed by atoms with Gasteiger partial charge in [-0.1, -0.05) is 20.8 Å². The molecule has 14 heavy (non-hydrogen) atoms. The smallest absolute Gasteiger partial charge is 0.310 e. The largest absolute Gasteiger partial charge is 0.481 e. The number of carboxylic acid groups (broad SMARTS) is 1. The van der Waals surface area contributed by atoms with Gasteiger partial charge in [-0.05, 0) is 18.7 Å². The van der Waals surface area contributed by atoms with Crippen molar-refractivity contribution in [2.75, 3.05) is 12.3 Å². The Morgan fingerprint density at radius 2 is 1.64 bits per heavy atom. The van der Waals surface area contributed by atoms with E-state index in [-0.39, 0.29) is 12.2 Å². The second kappa shape index (κ2) is 12.6. The number of rotatable bonds is 6. The fraction of sp³-hybridized carbons (Fsp3) is 0.800. The minimum atomic E-state index is -1.03. The maximum atomic E-state index is 10.5. The van der Waals surface area contributed by atoms with Crippen LogP contribution in [-0.2, 0) is 9.59 Å². The number of hydrogen-bond acceptors (Lipinski definition) is 2. The lowest BCUT2D eigenvalue weighted by atomic mass is 10.2. The minimum Gasteiger partial charge on any atom is -0.481 e. The molecule has 0 unspecified atom stereocenters. The molecule has 0 fully saturated rings. The van der Waals surface area contributed by atoms with E-state index in [0.29, 0.717) is 6.42 Å². The van der Waals surface area contributed by atoms with Crippen molar-refractivity contribution in [3.63, 3.8) is 0 Å². The van der Waals surface area contributed by atoms with Gasteiger partial charge in [-0.3, -0.25) is 9.59 Å². The summed E-state index contributed by atoms with van der Waals surface area (Å²) in [5.74, 6) is -1.22.